The first-order valence-electron chi connectivity index (χ1n) is 7.73. The molecular formula is C17H14N4O3S. The first-order chi connectivity index (χ1) is 12.2. The number of carbonyl (C=O) groups is 2. The van der Waals surface area contributed by atoms with Gasteiger partial charge in [0.1, 0.15) is 0 Å². The SMILES string of the molecule is O=C(Nc1nnc(-c2ccsc2)o1)C1CC(=O)N(c2ccccc2)C1. The monoisotopic (exact) mass is 354 g/mol. The zero-order valence-corrected chi connectivity index (χ0v) is 13.9. The van der Waals surface area contributed by atoms with Crippen molar-refractivity contribution in [3.63, 3.8) is 0 Å². The minimum atomic E-state index is -0.454. The predicted molar refractivity (Wildman–Crippen MR) is 93.1 cm³/mol. The van der Waals surface area contributed by atoms with Crippen LogP contribution in [-0.2, 0) is 9.59 Å². The molecule has 1 unspecified atom stereocenters. The summed E-state index contributed by atoms with van der Waals surface area (Å²) >= 11 is 1.52. The second-order valence-electron chi connectivity index (χ2n) is 5.65. The second-order valence-corrected chi connectivity index (χ2v) is 6.43. The van der Waals surface area contributed by atoms with Crippen LogP contribution in [-0.4, -0.2) is 28.6 Å². The second kappa shape index (κ2) is 6.48. The molecule has 1 aliphatic heterocycles. The van der Waals surface area contributed by atoms with Gasteiger partial charge in [-0.2, -0.15) is 11.3 Å². The number of anilines is 2. The van der Waals surface area contributed by atoms with Crippen molar-refractivity contribution in [1.29, 1.82) is 0 Å². The topological polar surface area (TPSA) is 88.3 Å². The summed E-state index contributed by atoms with van der Waals surface area (Å²) < 4.78 is 5.45. The van der Waals surface area contributed by atoms with Gasteiger partial charge in [-0.15, -0.1) is 5.10 Å². The van der Waals surface area contributed by atoms with Gasteiger partial charge >= 0.3 is 6.01 Å². The molecule has 1 atom stereocenters. The quantitative estimate of drug-likeness (QED) is 0.778. The number of para-hydroxylation sites is 1. The number of carbonyl (C=O) groups excluding carboxylic acids is 2. The lowest BCUT2D eigenvalue weighted by Gasteiger charge is -2.16. The van der Waals surface area contributed by atoms with E-state index in [0.717, 1.165) is 11.3 Å². The molecule has 1 saturated heterocycles. The van der Waals surface area contributed by atoms with Crippen molar-refractivity contribution in [2.24, 2.45) is 5.92 Å². The van der Waals surface area contributed by atoms with Crippen molar-refractivity contribution in [1.82, 2.24) is 10.2 Å². The Kier molecular flexibility index (Phi) is 4.02. The molecule has 0 aliphatic carbocycles. The molecule has 25 heavy (non-hydrogen) atoms. The smallest absolute Gasteiger partial charge is 0.322 e. The number of rotatable bonds is 4. The summed E-state index contributed by atoms with van der Waals surface area (Å²) in [5.41, 5.74) is 1.60. The zero-order valence-electron chi connectivity index (χ0n) is 13.1. The maximum absolute atomic E-state index is 12.4. The number of nitrogens with one attached hydrogen (secondary N) is 1. The normalized spacial score (nSPS) is 17.0. The summed E-state index contributed by atoms with van der Waals surface area (Å²) in [4.78, 5) is 26.2. The van der Waals surface area contributed by atoms with Crippen LogP contribution in [0.3, 0.4) is 0 Å². The first kappa shape index (κ1) is 15.5. The molecule has 1 fully saturated rings. The van der Waals surface area contributed by atoms with Gasteiger partial charge in [-0.05, 0) is 23.6 Å². The number of aromatic nitrogens is 2. The summed E-state index contributed by atoms with van der Waals surface area (Å²) in [7, 11) is 0. The zero-order chi connectivity index (χ0) is 17.2. The minimum Gasteiger partial charge on any atom is -0.403 e. The highest BCUT2D eigenvalue weighted by molar-refractivity contribution is 7.08. The van der Waals surface area contributed by atoms with Crippen LogP contribution < -0.4 is 10.2 Å². The Morgan fingerprint density at radius 1 is 1.24 bits per heavy atom. The third kappa shape index (κ3) is 3.16. The fourth-order valence-corrected chi connectivity index (χ4v) is 3.35. The van der Waals surface area contributed by atoms with Crippen molar-refractivity contribution < 1.29 is 14.0 Å². The lowest BCUT2D eigenvalue weighted by molar-refractivity contribution is -0.122. The molecule has 1 aromatic carbocycles. The number of hydrogen-bond donors (Lipinski definition) is 1. The summed E-state index contributed by atoms with van der Waals surface area (Å²) in [6, 6.07) is 11.2. The van der Waals surface area contributed by atoms with E-state index in [4.69, 9.17) is 4.42 Å². The number of nitrogens with zero attached hydrogens (tertiary/aromatic N) is 3. The standard InChI is InChI=1S/C17H14N4O3S/c22-14-8-12(9-21(14)13-4-2-1-3-5-13)15(23)18-17-20-19-16(24-17)11-6-7-25-10-11/h1-7,10,12H,8-9H2,(H,18,20,23). The molecule has 0 saturated carbocycles. The highest BCUT2D eigenvalue weighted by Crippen LogP contribution is 2.26. The maximum atomic E-state index is 12.4. The van der Waals surface area contributed by atoms with Gasteiger partial charge in [0.25, 0.3) is 5.89 Å². The van der Waals surface area contributed by atoms with Crippen molar-refractivity contribution in [3.05, 3.63) is 47.2 Å². The summed E-state index contributed by atoms with van der Waals surface area (Å²) in [5.74, 6) is -0.475. The molecule has 7 nitrogen and oxygen atoms in total. The van der Waals surface area contributed by atoms with E-state index in [-0.39, 0.29) is 24.2 Å². The predicted octanol–water partition coefficient (Wildman–Crippen LogP) is 2.79. The summed E-state index contributed by atoms with van der Waals surface area (Å²) in [6.45, 7) is 0.334. The van der Waals surface area contributed by atoms with Crippen LogP contribution in [0.15, 0.2) is 51.6 Å². The van der Waals surface area contributed by atoms with E-state index in [0.29, 0.717) is 12.4 Å². The number of hydrogen-bond acceptors (Lipinski definition) is 6. The average Bonchev–Trinajstić information content (AvgIpc) is 3.35. The van der Waals surface area contributed by atoms with E-state index >= 15 is 0 Å². The minimum absolute atomic E-state index is 0.0387. The van der Waals surface area contributed by atoms with Crippen LogP contribution in [0.5, 0.6) is 0 Å². The molecule has 3 aromatic rings. The van der Waals surface area contributed by atoms with Gasteiger partial charge in [-0.1, -0.05) is 23.3 Å². The molecule has 2 amide bonds. The van der Waals surface area contributed by atoms with E-state index in [1.54, 1.807) is 4.90 Å². The van der Waals surface area contributed by atoms with E-state index < -0.39 is 5.92 Å². The molecule has 0 radical (unpaired) electrons. The van der Waals surface area contributed by atoms with Crippen molar-refractivity contribution in [2.75, 3.05) is 16.8 Å². The molecule has 3 heterocycles. The Balaban J connectivity index is 1.43. The molecule has 126 valence electrons. The van der Waals surface area contributed by atoms with Crippen LogP contribution in [0, 0.1) is 5.92 Å². The molecule has 4 rings (SSSR count). The largest absolute Gasteiger partial charge is 0.403 e. The fourth-order valence-electron chi connectivity index (χ4n) is 2.72. The highest BCUT2D eigenvalue weighted by Gasteiger charge is 2.35. The van der Waals surface area contributed by atoms with Crippen LogP contribution in [0.1, 0.15) is 6.42 Å². The third-order valence-electron chi connectivity index (χ3n) is 3.99. The van der Waals surface area contributed by atoms with E-state index in [9.17, 15) is 9.59 Å². The van der Waals surface area contributed by atoms with Gasteiger partial charge in [0, 0.05) is 29.6 Å². The molecular weight excluding hydrogens is 340 g/mol. The fraction of sp³-hybridized carbons (Fsp3) is 0.176. The van der Waals surface area contributed by atoms with E-state index in [1.165, 1.54) is 11.3 Å². The Labute approximate surface area is 147 Å². The Morgan fingerprint density at radius 3 is 2.84 bits per heavy atom. The lowest BCUT2D eigenvalue weighted by atomic mass is 10.1. The Hall–Kier alpha value is -3.00. The van der Waals surface area contributed by atoms with Gasteiger partial charge in [-0.3, -0.25) is 14.9 Å². The first-order valence-corrected chi connectivity index (χ1v) is 8.67. The average molecular weight is 354 g/mol. The van der Waals surface area contributed by atoms with Crippen LogP contribution in [0.25, 0.3) is 11.5 Å². The summed E-state index contributed by atoms with van der Waals surface area (Å²) in [5, 5.41) is 14.1. The van der Waals surface area contributed by atoms with Crippen LogP contribution in [0.2, 0.25) is 0 Å². The van der Waals surface area contributed by atoms with Gasteiger partial charge in [0.05, 0.1) is 5.92 Å². The molecule has 2 aromatic heterocycles. The van der Waals surface area contributed by atoms with Crippen molar-refractivity contribution in [2.45, 2.75) is 6.42 Å². The van der Waals surface area contributed by atoms with Gasteiger partial charge in [0.2, 0.25) is 11.8 Å². The number of benzene rings is 1. The van der Waals surface area contributed by atoms with Crippen molar-refractivity contribution in [3.8, 4) is 11.5 Å². The Morgan fingerprint density at radius 2 is 2.08 bits per heavy atom. The number of amides is 2. The van der Waals surface area contributed by atoms with Gasteiger partial charge in [0.15, 0.2) is 0 Å². The van der Waals surface area contributed by atoms with E-state index in [1.807, 2.05) is 47.2 Å². The highest BCUT2D eigenvalue weighted by atomic mass is 32.1. The van der Waals surface area contributed by atoms with E-state index in [2.05, 4.69) is 15.5 Å². The summed E-state index contributed by atoms with van der Waals surface area (Å²) in [6.07, 6.45) is 0.159. The molecule has 8 heteroatoms. The number of thiophene rings is 1. The third-order valence-corrected chi connectivity index (χ3v) is 4.67. The molecule has 0 spiro atoms. The Bertz CT molecular complexity index is 892. The van der Waals surface area contributed by atoms with Crippen LogP contribution >= 0.6 is 11.3 Å². The molecule has 1 N–H and O–H groups in total. The van der Waals surface area contributed by atoms with Gasteiger partial charge in [-0.25, -0.2) is 0 Å². The molecule has 0 bridgehead atoms. The van der Waals surface area contributed by atoms with Crippen molar-refractivity contribution >= 4 is 34.9 Å². The molecule has 1 aliphatic rings. The maximum Gasteiger partial charge on any atom is 0.322 e. The van der Waals surface area contributed by atoms with Gasteiger partial charge < -0.3 is 9.32 Å². The lowest BCUT2D eigenvalue weighted by Crippen LogP contribution is -2.28. The van der Waals surface area contributed by atoms with Crippen LogP contribution in [0.4, 0.5) is 11.7 Å².